The molecule has 1 atom stereocenters. The van der Waals surface area contributed by atoms with Gasteiger partial charge in [-0.1, -0.05) is 19.1 Å². The predicted octanol–water partition coefficient (Wildman–Crippen LogP) is 3.50. The van der Waals surface area contributed by atoms with Gasteiger partial charge in [0.25, 0.3) is 0 Å². The lowest BCUT2D eigenvalue weighted by atomic mass is 10.00. The average Bonchev–Trinajstić information content (AvgIpc) is 2.53. The molecule has 1 aliphatic rings. The zero-order chi connectivity index (χ0) is 14.4. The highest BCUT2D eigenvalue weighted by Gasteiger charge is 2.23. The molecular formula is C17H23NO2. The molecule has 1 aromatic carbocycles. The lowest BCUT2D eigenvalue weighted by Crippen LogP contribution is -2.42. The predicted molar refractivity (Wildman–Crippen MR) is 81.7 cm³/mol. The number of carbonyl (C=O) groups excluding carboxylic acids is 1. The van der Waals surface area contributed by atoms with E-state index in [2.05, 4.69) is 6.92 Å². The van der Waals surface area contributed by atoms with Gasteiger partial charge >= 0.3 is 0 Å². The number of piperidine rings is 1. The van der Waals surface area contributed by atoms with Gasteiger partial charge in [0.1, 0.15) is 5.75 Å². The Bertz CT molecular complexity index is 464. The van der Waals surface area contributed by atoms with Crippen LogP contribution in [0, 0.1) is 0 Å². The van der Waals surface area contributed by atoms with E-state index in [0.717, 1.165) is 37.1 Å². The third-order valence-electron chi connectivity index (χ3n) is 3.92. The van der Waals surface area contributed by atoms with Crippen LogP contribution in [0.4, 0.5) is 0 Å². The monoisotopic (exact) mass is 273 g/mol. The summed E-state index contributed by atoms with van der Waals surface area (Å²) in [6, 6.07) is 8.13. The largest absolute Gasteiger partial charge is 0.497 e. The van der Waals surface area contributed by atoms with E-state index in [9.17, 15) is 4.79 Å². The Morgan fingerprint density at radius 1 is 1.35 bits per heavy atom. The maximum Gasteiger partial charge on any atom is 0.246 e. The van der Waals surface area contributed by atoms with Crippen LogP contribution in [0.25, 0.3) is 6.08 Å². The standard InChI is InChI=1S/C17H23NO2/c1-3-15-6-4-5-13-18(15)17(19)12-9-14-7-10-16(20-2)11-8-14/h7-12,15H,3-6,13H2,1-2H3. The van der Waals surface area contributed by atoms with Crippen LogP contribution < -0.4 is 4.74 Å². The second-order valence-electron chi connectivity index (χ2n) is 5.20. The van der Waals surface area contributed by atoms with Gasteiger partial charge in [0.05, 0.1) is 7.11 Å². The molecule has 0 bridgehead atoms. The van der Waals surface area contributed by atoms with Crippen LogP contribution >= 0.6 is 0 Å². The van der Waals surface area contributed by atoms with E-state index in [-0.39, 0.29) is 5.91 Å². The van der Waals surface area contributed by atoms with Crippen molar-refractivity contribution in [1.82, 2.24) is 4.90 Å². The Morgan fingerprint density at radius 3 is 2.75 bits per heavy atom. The van der Waals surface area contributed by atoms with Crippen LogP contribution in [-0.2, 0) is 4.79 Å². The number of amides is 1. The molecule has 108 valence electrons. The van der Waals surface area contributed by atoms with Crippen molar-refractivity contribution in [2.24, 2.45) is 0 Å². The smallest absolute Gasteiger partial charge is 0.246 e. The van der Waals surface area contributed by atoms with Crippen molar-refractivity contribution < 1.29 is 9.53 Å². The van der Waals surface area contributed by atoms with E-state index in [0.29, 0.717) is 6.04 Å². The quantitative estimate of drug-likeness (QED) is 0.786. The van der Waals surface area contributed by atoms with Gasteiger partial charge in [-0.25, -0.2) is 0 Å². The zero-order valence-electron chi connectivity index (χ0n) is 12.3. The summed E-state index contributed by atoms with van der Waals surface area (Å²) < 4.78 is 5.12. The first-order valence-corrected chi connectivity index (χ1v) is 7.37. The van der Waals surface area contributed by atoms with Crippen molar-refractivity contribution in [3.63, 3.8) is 0 Å². The van der Waals surface area contributed by atoms with Crippen molar-refractivity contribution in [2.45, 2.75) is 38.6 Å². The van der Waals surface area contributed by atoms with Crippen LogP contribution in [0.5, 0.6) is 5.75 Å². The summed E-state index contributed by atoms with van der Waals surface area (Å²) in [7, 11) is 1.65. The number of carbonyl (C=O) groups is 1. The highest BCUT2D eigenvalue weighted by Crippen LogP contribution is 2.20. The minimum Gasteiger partial charge on any atom is -0.497 e. The highest BCUT2D eigenvalue weighted by molar-refractivity contribution is 5.92. The van der Waals surface area contributed by atoms with Crippen molar-refractivity contribution in [3.05, 3.63) is 35.9 Å². The normalized spacial score (nSPS) is 19.3. The van der Waals surface area contributed by atoms with Gasteiger partial charge in [-0.3, -0.25) is 4.79 Å². The Balaban J connectivity index is 2.00. The minimum atomic E-state index is 0.132. The third kappa shape index (κ3) is 3.62. The van der Waals surface area contributed by atoms with Gasteiger partial charge < -0.3 is 9.64 Å². The van der Waals surface area contributed by atoms with Crippen molar-refractivity contribution in [3.8, 4) is 5.75 Å². The zero-order valence-corrected chi connectivity index (χ0v) is 12.3. The van der Waals surface area contributed by atoms with Crippen molar-refractivity contribution >= 4 is 12.0 Å². The minimum absolute atomic E-state index is 0.132. The van der Waals surface area contributed by atoms with E-state index >= 15 is 0 Å². The molecule has 0 aromatic heterocycles. The first-order chi connectivity index (χ1) is 9.74. The fourth-order valence-electron chi connectivity index (χ4n) is 2.69. The van der Waals surface area contributed by atoms with Gasteiger partial charge in [0.2, 0.25) is 5.91 Å². The molecule has 1 amide bonds. The Hall–Kier alpha value is -1.77. The average molecular weight is 273 g/mol. The van der Waals surface area contributed by atoms with E-state index in [1.807, 2.05) is 35.2 Å². The topological polar surface area (TPSA) is 29.5 Å². The molecule has 0 radical (unpaired) electrons. The molecule has 0 spiro atoms. The number of methoxy groups -OCH3 is 1. The first-order valence-electron chi connectivity index (χ1n) is 7.37. The molecule has 1 aromatic rings. The number of hydrogen-bond donors (Lipinski definition) is 0. The Kier molecular flexibility index (Phi) is 5.22. The van der Waals surface area contributed by atoms with E-state index in [1.165, 1.54) is 6.42 Å². The van der Waals surface area contributed by atoms with Gasteiger partial charge in [0, 0.05) is 18.7 Å². The number of hydrogen-bond acceptors (Lipinski definition) is 2. The van der Waals surface area contributed by atoms with Crippen molar-refractivity contribution in [2.75, 3.05) is 13.7 Å². The summed E-state index contributed by atoms with van der Waals surface area (Å²) in [5.41, 5.74) is 1.02. The fourth-order valence-corrected chi connectivity index (χ4v) is 2.69. The number of benzene rings is 1. The molecule has 20 heavy (non-hydrogen) atoms. The molecular weight excluding hydrogens is 250 g/mol. The van der Waals surface area contributed by atoms with Gasteiger partial charge in [-0.2, -0.15) is 0 Å². The second kappa shape index (κ2) is 7.13. The van der Waals surface area contributed by atoms with Gasteiger partial charge in [-0.05, 0) is 49.5 Å². The van der Waals surface area contributed by atoms with Crippen LogP contribution in [-0.4, -0.2) is 30.5 Å². The molecule has 0 N–H and O–H groups in total. The number of nitrogens with zero attached hydrogens (tertiary/aromatic N) is 1. The first kappa shape index (κ1) is 14.6. The van der Waals surface area contributed by atoms with Gasteiger partial charge in [0.15, 0.2) is 0 Å². The molecule has 0 saturated carbocycles. The Labute approximate surface area is 121 Å². The van der Waals surface area contributed by atoms with Crippen LogP contribution in [0.2, 0.25) is 0 Å². The number of ether oxygens (including phenoxy) is 1. The summed E-state index contributed by atoms with van der Waals surface area (Å²) in [5.74, 6) is 0.961. The molecule has 1 fully saturated rings. The van der Waals surface area contributed by atoms with Crippen LogP contribution in [0.3, 0.4) is 0 Å². The van der Waals surface area contributed by atoms with E-state index in [1.54, 1.807) is 13.2 Å². The molecule has 1 aliphatic heterocycles. The molecule has 1 saturated heterocycles. The number of likely N-dealkylation sites (tertiary alicyclic amines) is 1. The second-order valence-corrected chi connectivity index (χ2v) is 5.20. The maximum atomic E-state index is 12.3. The lowest BCUT2D eigenvalue weighted by molar-refractivity contribution is -0.129. The summed E-state index contributed by atoms with van der Waals surface area (Å²) in [5, 5.41) is 0. The summed E-state index contributed by atoms with van der Waals surface area (Å²) in [4.78, 5) is 14.3. The summed E-state index contributed by atoms with van der Waals surface area (Å²) >= 11 is 0. The van der Waals surface area contributed by atoms with E-state index in [4.69, 9.17) is 4.74 Å². The Morgan fingerprint density at radius 2 is 2.10 bits per heavy atom. The van der Waals surface area contributed by atoms with Crippen LogP contribution in [0.15, 0.2) is 30.3 Å². The SMILES string of the molecule is CCC1CCCCN1C(=O)C=Cc1ccc(OC)cc1. The molecule has 0 aliphatic carbocycles. The maximum absolute atomic E-state index is 12.3. The van der Waals surface area contributed by atoms with E-state index < -0.39 is 0 Å². The van der Waals surface area contributed by atoms with Crippen LogP contribution in [0.1, 0.15) is 38.2 Å². The third-order valence-corrected chi connectivity index (χ3v) is 3.92. The molecule has 2 rings (SSSR count). The molecule has 1 unspecified atom stereocenters. The molecule has 1 heterocycles. The summed E-state index contributed by atoms with van der Waals surface area (Å²) in [6.45, 7) is 3.05. The van der Waals surface area contributed by atoms with Gasteiger partial charge in [-0.15, -0.1) is 0 Å². The lowest BCUT2D eigenvalue weighted by Gasteiger charge is -2.34. The molecule has 3 heteroatoms. The highest BCUT2D eigenvalue weighted by atomic mass is 16.5. The summed E-state index contributed by atoms with van der Waals surface area (Å²) in [6.07, 6.45) is 8.11. The fraction of sp³-hybridized carbons (Fsp3) is 0.471. The molecule has 3 nitrogen and oxygen atoms in total. The number of rotatable bonds is 4. The van der Waals surface area contributed by atoms with Crippen molar-refractivity contribution in [1.29, 1.82) is 0 Å².